The van der Waals surface area contributed by atoms with Crippen LogP contribution in [0.4, 0.5) is 11.9 Å². The van der Waals surface area contributed by atoms with Crippen LogP contribution in [0.2, 0.25) is 0 Å². The highest BCUT2D eigenvalue weighted by atomic mass is 79.9. The second-order valence-corrected chi connectivity index (χ2v) is 6.93. The number of nitrogens with zero attached hydrogens (tertiary/aromatic N) is 5. The first-order valence-electron chi connectivity index (χ1n) is 8.84. The normalized spacial score (nSPS) is 10.9. The molecule has 9 heteroatoms. The van der Waals surface area contributed by atoms with Crippen molar-refractivity contribution in [2.75, 3.05) is 23.7 Å². The predicted octanol–water partition coefficient (Wildman–Crippen LogP) is 2.93. The van der Waals surface area contributed by atoms with E-state index < -0.39 is 0 Å². The maximum absolute atomic E-state index is 5.56. The quantitative estimate of drug-likeness (QED) is 0.407. The molecule has 0 atom stereocenters. The fourth-order valence-corrected chi connectivity index (χ4v) is 3.08. The standard InChI is InChI=1S/C19H19BrN8/c20-15-12-25-28-17(15)26-18(23-10-8-21)27-19(28)24-11-13-4-6-14(7-5-13)16-3-1-2-9-22-16/h1-7,9,12H,8,10-11,21H2,(H2,23,24,26,27). The van der Waals surface area contributed by atoms with Crippen molar-refractivity contribution in [3.05, 3.63) is 64.9 Å². The molecule has 1 aromatic carbocycles. The zero-order valence-electron chi connectivity index (χ0n) is 15.0. The number of nitrogens with two attached hydrogens (primary N) is 1. The Bertz CT molecular complexity index is 1060. The van der Waals surface area contributed by atoms with Crippen LogP contribution < -0.4 is 16.4 Å². The second-order valence-electron chi connectivity index (χ2n) is 6.08. The third-order valence-electron chi connectivity index (χ3n) is 4.12. The highest BCUT2D eigenvalue weighted by Crippen LogP contribution is 2.21. The minimum Gasteiger partial charge on any atom is -0.353 e. The van der Waals surface area contributed by atoms with Gasteiger partial charge in [0.2, 0.25) is 11.9 Å². The average Bonchev–Trinajstić information content (AvgIpc) is 3.12. The van der Waals surface area contributed by atoms with E-state index in [1.165, 1.54) is 0 Å². The van der Waals surface area contributed by atoms with Crippen LogP contribution in [0, 0.1) is 0 Å². The van der Waals surface area contributed by atoms with Crippen LogP contribution >= 0.6 is 15.9 Å². The molecule has 0 aliphatic heterocycles. The van der Waals surface area contributed by atoms with Gasteiger partial charge in [0, 0.05) is 31.4 Å². The smallest absolute Gasteiger partial charge is 0.229 e. The number of rotatable bonds is 7. The summed E-state index contributed by atoms with van der Waals surface area (Å²) in [5, 5.41) is 10.8. The van der Waals surface area contributed by atoms with E-state index in [1.54, 1.807) is 16.9 Å². The van der Waals surface area contributed by atoms with Gasteiger partial charge in [0.1, 0.15) is 0 Å². The van der Waals surface area contributed by atoms with Crippen LogP contribution in [0.15, 0.2) is 59.3 Å². The highest BCUT2D eigenvalue weighted by Gasteiger charge is 2.11. The molecule has 0 unspecified atom stereocenters. The van der Waals surface area contributed by atoms with Crippen LogP contribution in [0.25, 0.3) is 16.9 Å². The zero-order chi connectivity index (χ0) is 19.3. The van der Waals surface area contributed by atoms with Crippen molar-refractivity contribution < 1.29 is 0 Å². The van der Waals surface area contributed by atoms with Gasteiger partial charge in [-0.15, -0.1) is 0 Å². The summed E-state index contributed by atoms with van der Waals surface area (Å²) in [4.78, 5) is 13.4. The number of hydrogen-bond donors (Lipinski definition) is 3. The molecule has 3 aromatic heterocycles. The molecule has 4 rings (SSSR count). The number of fused-ring (bicyclic) bond motifs is 1. The molecule has 4 aromatic rings. The predicted molar refractivity (Wildman–Crippen MR) is 113 cm³/mol. The van der Waals surface area contributed by atoms with Gasteiger partial charge in [-0.05, 0) is 33.6 Å². The molecule has 4 N–H and O–H groups in total. The Morgan fingerprint density at radius 3 is 2.64 bits per heavy atom. The SMILES string of the molecule is NCCNc1nc(NCc2ccc(-c3ccccn3)cc2)n2ncc(Br)c2n1. The topological polar surface area (TPSA) is 106 Å². The van der Waals surface area contributed by atoms with Gasteiger partial charge in [-0.3, -0.25) is 4.98 Å². The van der Waals surface area contributed by atoms with Gasteiger partial charge in [0.15, 0.2) is 5.65 Å². The van der Waals surface area contributed by atoms with E-state index in [0.29, 0.717) is 37.2 Å². The van der Waals surface area contributed by atoms with Crippen LogP contribution in [0.1, 0.15) is 5.56 Å². The fourth-order valence-electron chi connectivity index (χ4n) is 2.74. The summed E-state index contributed by atoms with van der Waals surface area (Å²) in [6.45, 7) is 1.69. The van der Waals surface area contributed by atoms with Crippen LogP contribution in [-0.4, -0.2) is 37.7 Å². The largest absolute Gasteiger partial charge is 0.353 e. The molecule has 0 fully saturated rings. The molecule has 8 nitrogen and oxygen atoms in total. The molecule has 0 aliphatic carbocycles. The molecule has 0 spiro atoms. The first-order valence-corrected chi connectivity index (χ1v) is 9.63. The Labute approximate surface area is 170 Å². The molecular weight excluding hydrogens is 420 g/mol. The van der Waals surface area contributed by atoms with Gasteiger partial charge >= 0.3 is 0 Å². The summed E-state index contributed by atoms with van der Waals surface area (Å²) in [6, 6.07) is 14.2. The molecule has 0 bridgehead atoms. The third-order valence-corrected chi connectivity index (χ3v) is 4.68. The molecule has 0 aliphatic rings. The Kier molecular flexibility index (Phi) is 5.45. The van der Waals surface area contributed by atoms with Gasteiger partial charge in [-0.1, -0.05) is 30.3 Å². The van der Waals surface area contributed by atoms with Crippen molar-refractivity contribution >= 4 is 33.5 Å². The minimum absolute atomic E-state index is 0.500. The van der Waals surface area contributed by atoms with Gasteiger partial charge < -0.3 is 16.4 Å². The number of halogens is 1. The minimum atomic E-state index is 0.500. The molecule has 3 heterocycles. The molecule has 0 saturated heterocycles. The van der Waals surface area contributed by atoms with Crippen LogP contribution in [-0.2, 0) is 6.54 Å². The maximum Gasteiger partial charge on any atom is 0.229 e. The van der Waals surface area contributed by atoms with Crippen molar-refractivity contribution in [1.82, 2.24) is 24.6 Å². The number of aromatic nitrogens is 5. The molecule has 0 radical (unpaired) electrons. The van der Waals surface area contributed by atoms with E-state index in [4.69, 9.17) is 5.73 Å². The van der Waals surface area contributed by atoms with E-state index in [1.807, 2.05) is 18.2 Å². The fraction of sp³-hybridized carbons (Fsp3) is 0.158. The Morgan fingerprint density at radius 2 is 1.89 bits per heavy atom. The van der Waals surface area contributed by atoms with Gasteiger partial charge in [0.25, 0.3) is 0 Å². The van der Waals surface area contributed by atoms with E-state index in [-0.39, 0.29) is 0 Å². The molecule has 28 heavy (non-hydrogen) atoms. The van der Waals surface area contributed by atoms with Crippen molar-refractivity contribution in [1.29, 1.82) is 0 Å². The molecule has 0 saturated carbocycles. The lowest BCUT2D eigenvalue weighted by Gasteiger charge is -2.10. The summed E-state index contributed by atoms with van der Waals surface area (Å²) in [6.07, 6.45) is 3.49. The summed E-state index contributed by atoms with van der Waals surface area (Å²) in [5.41, 5.74) is 9.40. The van der Waals surface area contributed by atoms with Crippen molar-refractivity contribution in [3.8, 4) is 11.3 Å². The summed E-state index contributed by atoms with van der Waals surface area (Å²) >= 11 is 3.47. The van der Waals surface area contributed by atoms with E-state index in [0.717, 1.165) is 21.3 Å². The van der Waals surface area contributed by atoms with Crippen molar-refractivity contribution in [2.45, 2.75) is 6.54 Å². The van der Waals surface area contributed by atoms with Crippen LogP contribution in [0.3, 0.4) is 0 Å². The summed E-state index contributed by atoms with van der Waals surface area (Å²) < 4.78 is 2.47. The molecule has 0 amide bonds. The number of nitrogens with one attached hydrogen (secondary N) is 2. The lowest BCUT2D eigenvalue weighted by atomic mass is 10.1. The number of hydrogen-bond acceptors (Lipinski definition) is 7. The van der Waals surface area contributed by atoms with Gasteiger partial charge in [0.05, 0.1) is 16.4 Å². The number of pyridine rings is 1. The average molecular weight is 439 g/mol. The monoisotopic (exact) mass is 438 g/mol. The Balaban J connectivity index is 1.53. The van der Waals surface area contributed by atoms with Gasteiger partial charge in [-0.2, -0.15) is 19.6 Å². The van der Waals surface area contributed by atoms with E-state index in [9.17, 15) is 0 Å². The Morgan fingerprint density at radius 1 is 1.04 bits per heavy atom. The number of benzene rings is 1. The lowest BCUT2D eigenvalue weighted by molar-refractivity contribution is 0.875. The lowest BCUT2D eigenvalue weighted by Crippen LogP contribution is -2.17. The molecular formula is C19H19BrN8. The van der Waals surface area contributed by atoms with E-state index >= 15 is 0 Å². The van der Waals surface area contributed by atoms with Crippen molar-refractivity contribution in [3.63, 3.8) is 0 Å². The first kappa shape index (κ1) is 18.3. The third kappa shape index (κ3) is 3.95. The summed E-state index contributed by atoms with van der Waals surface area (Å²) in [5.74, 6) is 1.11. The molecule has 142 valence electrons. The maximum atomic E-state index is 5.56. The first-order chi connectivity index (χ1) is 13.7. The van der Waals surface area contributed by atoms with Crippen molar-refractivity contribution in [2.24, 2.45) is 5.73 Å². The Hall–Kier alpha value is -3.04. The summed E-state index contributed by atoms with van der Waals surface area (Å²) in [7, 11) is 0. The zero-order valence-corrected chi connectivity index (χ0v) is 16.6. The highest BCUT2D eigenvalue weighted by molar-refractivity contribution is 9.10. The van der Waals surface area contributed by atoms with Crippen LogP contribution in [0.5, 0.6) is 0 Å². The van der Waals surface area contributed by atoms with Gasteiger partial charge in [-0.25, -0.2) is 0 Å². The number of anilines is 2. The second kappa shape index (κ2) is 8.32. The van der Waals surface area contributed by atoms with E-state index in [2.05, 4.69) is 70.9 Å².